The van der Waals surface area contributed by atoms with E-state index in [1.807, 2.05) is 0 Å². The Morgan fingerprint density at radius 2 is 1.75 bits per heavy atom. The van der Waals surface area contributed by atoms with Crippen LogP contribution < -0.4 is 4.90 Å². The van der Waals surface area contributed by atoms with E-state index in [9.17, 15) is 32.9 Å². The summed E-state index contributed by atoms with van der Waals surface area (Å²) < 4.78 is 38.8. The topological polar surface area (TPSA) is 80.5 Å². The van der Waals surface area contributed by atoms with Crippen molar-refractivity contribution in [2.24, 2.45) is 0 Å². The lowest BCUT2D eigenvalue weighted by atomic mass is 9.77. The average Bonchev–Trinajstić information content (AvgIpc) is 2.73. The Bertz CT molecular complexity index is 1160. The molecule has 0 saturated heterocycles. The highest BCUT2D eigenvalue weighted by atomic mass is 35.5. The Kier molecular flexibility index (Phi) is 5.54. The molecule has 1 heterocycles. The van der Waals surface area contributed by atoms with E-state index in [2.05, 4.69) is 0 Å². The van der Waals surface area contributed by atoms with Crippen molar-refractivity contribution in [3.63, 3.8) is 0 Å². The van der Waals surface area contributed by atoms with Gasteiger partial charge in [0.2, 0.25) is 5.91 Å². The second-order valence-corrected chi connectivity index (χ2v) is 8.04. The van der Waals surface area contributed by atoms with E-state index in [0.717, 1.165) is 18.2 Å². The molecule has 0 N–H and O–H groups in total. The number of nitro benzene ring substituents is 1. The summed E-state index contributed by atoms with van der Waals surface area (Å²) in [5, 5.41) is 11.0. The molecule has 2 aromatic carbocycles. The molecule has 2 aliphatic rings. The fourth-order valence-corrected chi connectivity index (χ4v) is 4.51. The number of alkyl halides is 3. The molecule has 0 spiro atoms. The van der Waals surface area contributed by atoms with Gasteiger partial charge in [0, 0.05) is 42.2 Å². The van der Waals surface area contributed by atoms with Crippen LogP contribution in [0, 0.1) is 10.1 Å². The predicted octanol–water partition coefficient (Wildman–Crippen LogP) is 5.79. The molecule has 166 valence electrons. The van der Waals surface area contributed by atoms with Gasteiger partial charge in [0.25, 0.3) is 5.69 Å². The van der Waals surface area contributed by atoms with Crippen molar-refractivity contribution in [2.45, 2.75) is 37.8 Å². The van der Waals surface area contributed by atoms with Gasteiger partial charge in [0.05, 0.1) is 21.2 Å². The lowest BCUT2D eigenvalue weighted by Crippen LogP contribution is -2.40. The van der Waals surface area contributed by atoms with Gasteiger partial charge in [-0.15, -0.1) is 0 Å². The smallest absolute Gasteiger partial charge is 0.294 e. The zero-order valence-corrected chi connectivity index (χ0v) is 17.2. The third-order valence-electron chi connectivity index (χ3n) is 5.70. The van der Waals surface area contributed by atoms with Crippen molar-refractivity contribution in [1.82, 2.24) is 0 Å². The molecule has 2 aromatic rings. The molecular weight excluding hydrogens is 449 g/mol. The molecule has 0 radical (unpaired) electrons. The molecule has 0 saturated carbocycles. The number of carbonyl (C=O) groups excluding carboxylic acids is 2. The summed E-state index contributed by atoms with van der Waals surface area (Å²) in [4.78, 5) is 37.7. The fourth-order valence-electron chi connectivity index (χ4n) is 4.25. The third kappa shape index (κ3) is 3.88. The molecule has 4 rings (SSSR count). The number of halogens is 4. The first kappa shape index (κ1) is 22.0. The number of allylic oxidation sites excluding steroid dienone is 2. The summed E-state index contributed by atoms with van der Waals surface area (Å²) >= 11 is 6.24. The number of hydrogen-bond acceptors (Lipinski definition) is 4. The van der Waals surface area contributed by atoms with E-state index in [1.165, 1.54) is 29.2 Å². The van der Waals surface area contributed by atoms with Crippen LogP contribution in [0.1, 0.15) is 42.7 Å². The number of non-ortho nitro benzene ring substituents is 1. The minimum atomic E-state index is -4.49. The number of anilines is 1. The summed E-state index contributed by atoms with van der Waals surface area (Å²) in [6.07, 6.45) is -3.45. The molecule has 0 aromatic heterocycles. The van der Waals surface area contributed by atoms with Crippen molar-refractivity contribution in [3.8, 4) is 0 Å². The number of nitrogens with zero attached hydrogens (tertiary/aromatic N) is 2. The molecule has 1 unspecified atom stereocenters. The van der Waals surface area contributed by atoms with E-state index in [0.29, 0.717) is 29.7 Å². The highest BCUT2D eigenvalue weighted by molar-refractivity contribution is 6.34. The van der Waals surface area contributed by atoms with Crippen LogP contribution in [0.25, 0.3) is 0 Å². The Hall–Kier alpha value is -3.20. The summed E-state index contributed by atoms with van der Waals surface area (Å²) in [7, 11) is 0. The van der Waals surface area contributed by atoms with Gasteiger partial charge in [-0.3, -0.25) is 24.6 Å². The molecule has 32 heavy (non-hydrogen) atoms. The third-order valence-corrected chi connectivity index (χ3v) is 6.00. The SMILES string of the molecule is O=C1CCCC2=C1C(c1ccc(C(F)(F)F)cc1)CC(=O)N2c1ccc([N+](=O)[O-])cc1Cl. The van der Waals surface area contributed by atoms with Gasteiger partial charge in [0.1, 0.15) is 0 Å². The molecule has 0 bridgehead atoms. The zero-order valence-electron chi connectivity index (χ0n) is 16.5. The quantitative estimate of drug-likeness (QED) is 0.425. The lowest BCUT2D eigenvalue weighted by molar-refractivity contribution is -0.384. The monoisotopic (exact) mass is 464 g/mol. The molecule has 1 aliphatic heterocycles. The van der Waals surface area contributed by atoms with Crippen LogP contribution in [0.3, 0.4) is 0 Å². The highest BCUT2D eigenvalue weighted by Gasteiger charge is 2.40. The number of Topliss-reactive ketones (excluding diaryl/α,β-unsaturated/α-hetero) is 1. The van der Waals surface area contributed by atoms with Crippen molar-refractivity contribution < 1.29 is 27.7 Å². The lowest BCUT2D eigenvalue weighted by Gasteiger charge is -2.38. The average molecular weight is 465 g/mol. The number of ketones is 1. The van der Waals surface area contributed by atoms with Gasteiger partial charge in [-0.25, -0.2) is 0 Å². The van der Waals surface area contributed by atoms with Crippen LogP contribution in [0.15, 0.2) is 53.7 Å². The molecule has 1 atom stereocenters. The number of rotatable bonds is 3. The van der Waals surface area contributed by atoms with Gasteiger partial charge >= 0.3 is 6.18 Å². The van der Waals surface area contributed by atoms with Crippen LogP contribution in [0.4, 0.5) is 24.5 Å². The molecule has 10 heteroatoms. The number of benzene rings is 2. The summed E-state index contributed by atoms with van der Waals surface area (Å²) in [5.74, 6) is -1.23. The van der Waals surface area contributed by atoms with E-state index >= 15 is 0 Å². The second kappa shape index (κ2) is 8.05. The van der Waals surface area contributed by atoms with E-state index < -0.39 is 22.6 Å². The molecule has 0 fully saturated rings. The van der Waals surface area contributed by atoms with Gasteiger partial charge in [-0.2, -0.15) is 13.2 Å². The van der Waals surface area contributed by atoms with Crippen LogP contribution in [-0.2, 0) is 15.8 Å². The van der Waals surface area contributed by atoms with E-state index in [1.54, 1.807) is 0 Å². The Labute approximate surface area is 185 Å². The predicted molar refractivity (Wildman–Crippen MR) is 110 cm³/mol. The normalized spacial score (nSPS) is 19.2. The standard InChI is InChI=1S/C22H16ClF3N2O4/c23-16-10-14(28(31)32)8-9-17(16)27-18-2-1-3-19(29)21(18)15(11-20(27)30)12-4-6-13(7-5-12)22(24,25)26/h4-10,15H,1-3,11H2. The Morgan fingerprint density at radius 3 is 2.34 bits per heavy atom. The molecule has 1 amide bonds. The van der Waals surface area contributed by atoms with Crippen LogP contribution in [0.2, 0.25) is 5.02 Å². The van der Waals surface area contributed by atoms with Crippen LogP contribution in [0.5, 0.6) is 0 Å². The van der Waals surface area contributed by atoms with Crippen molar-refractivity contribution in [2.75, 3.05) is 4.90 Å². The minimum absolute atomic E-state index is 0.00889. The summed E-state index contributed by atoms with van der Waals surface area (Å²) in [6, 6.07) is 8.18. The first-order valence-corrected chi connectivity index (χ1v) is 10.2. The maximum Gasteiger partial charge on any atom is 0.416 e. The molecule has 1 aliphatic carbocycles. The Balaban J connectivity index is 1.80. The first-order valence-electron chi connectivity index (χ1n) is 9.78. The van der Waals surface area contributed by atoms with Gasteiger partial charge < -0.3 is 0 Å². The number of amides is 1. The van der Waals surface area contributed by atoms with Crippen molar-refractivity contribution >= 4 is 34.7 Å². The molecular formula is C22H16ClF3N2O4. The number of nitro groups is 1. The largest absolute Gasteiger partial charge is 0.416 e. The van der Waals surface area contributed by atoms with Gasteiger partial charge in [-0.1, -0.05) is 23.7 Å². The minimum Gasteiger partial charge on any atom is -0.294 e. The van der Waals surface area contributed by atoms with Gasteiger partial charge in [0.15, 0.2) is 5.78 Å². The summed E-state index contributed by atoms with van der Waals surface area (Å²) in [6.45, 7) is 0. The maximum absolute atomic E-state index is 13.1. The van der Waals surface area contributed by atoms with Crippen molar-refractivity contribution in [1.29, 1.82) is 0 Å². The Morgan fingerprint density at radius 1 is 1.06 bits per heavy atom. The highest BCUT2D eigenvalue weighted by Crippen LogP contribution is 2.45. The van der Waals surface area contributed by atoms with Crippen LogP contribution >= 0.6 is 11.6 Å². The summed E-state index contributed by atoms with van der Waals surface area (Å²) in [5.41, 5.74) is 0.452. The molecule has 6 nitrogen and oxygen atoms in total. The van der Waals surface area contributed by atoms with Gasteiger partial charge in [-0.05, 0) is 36.6 Å². The number of carbonyl (C=O) groups is 2. The first-order chi connectivity index (χ1) is 15.1. The maximum atomic E-state index is 13.1. The van der Waals surface area contributed by atoms with E-state index in [-0.39, 0.29) is 40.9 Å². The second-order valence-electron chi connectivity index (χ2n) is 7.64. The fraction of sp³-hybridized carbons (Fsp3) is 0.273. The van der Waals surface area contributed by atoms with E-state index in [4.69, 9.17) is 11.6 Å². The zero-order chi connectivity index (χ0) is 23.2. The van der Waals surface area contributed by atoms with Crippen LogP contribution in [-0.4, -0.2) is 16.6 Å². The number of hydrogen-bond donors (Lipinski definition) is 0. The van der Waals surface area contributed by atoms with Crippen molar-refractivity contribution in [3.05, 3.63) is 80.0 Å².